The van der Waals surface area contributed by atoms with Crippen molar-refractivity contribution in [3.05, 3.63) is 76.9 Å². The number of carbonyl (C=O) groups is 2. The maximum Gasteiger partial charge on any atom is 0.420 e. The summed E-state index contributed by atoms with van der Waals surface area (Å²) in [7, 11) is 1.31. The first-order chi connectivity index (χ1) is 16.9. The van der Waals surface area contributed by atoms with Crippen LogP contribution in [0.15, 0.2) is 60.7 Å². The molecule has 0 unspecified atom stereocenters. The van der Waals surface area contributed by atoms with Crippen LogP contribution in [0.3, 0.4) is 0 Å². The number of esters is 1. The maximum absolute atomic E-state index is 13.4. The second-order valence-electron chi connectivity index (χ2n) is 9.68. The Kier molecular flexibility index (Phi) is 8.43. The molecule has 3 aromatic rings. The molecule has 0 spiro atoms. The number of benzene rings is 2. The van der Waals surface area contributed by atoms with Crippen LogP contribution in [-0.2, 0) is 32.2 Å². The summed E-state index contributed by atoms with van der Waals surface area (Å²) < 4.78 is 18.1. The fraction of sp³-hybridized carbons (Fsp3) is 0.370. The number of anilines is 2. The topological polar surface area (TPSA) is 82.9 Å². The third-order valence-electron chi connectivity index (χ3n) is 5.16. The van der Waals surface area contributed by atoms with Gasteiger partial charge in [-0.3, -0.25) is 0 Å². The molecule has 0 bridgehead atoms. The highest BCUT2D eigenvalue weighted by Gasteiger charge is 2.31. The second-order valence-corrected chi connectivity index (χ2v) is 10.1. The van der Waals surface area contributed by atoms with Gasteiger partial charge in [0.15, 0.2) is 5.60 Å². The molecule has 0 aliphatic carbocycles. The molecule has 1 amide bonds. The second kappa shape index (κ2) is 11.1. The third-order valence-corrected chi connectivity index (χ3v) is 5.53. The molecular weight excluding hydrogens is 482 g/mol. The minimum absolute atomic E-state index is 0.0154. The van der Waals surface area contributed by atoms with Crippen LogP contribution in [0.25, 0.3) is 0 Å². The summed E-state index contributed by atoms with van der Waals surface area (Å²) in [6.07, 6.45) is -0.559. The summed E-state index contributed by atoms with van der Waals surface area (Å²) in [5.74, 6) is -0.0391. The molecule has 0 aliphatic rings. The molecule has 0 fully saturated rings. The van der Waals surface area contributed by atoms with E-state index in [2.05, 4.69) is 0 Å². The van der Waals surface area contributed by atoms with Crippen molar-refractivity contribution in [3.8, 4) is 0 Å². The predicted molar refractivity (Wildman–Crippen MR) is 138 cm³/mol. The van der Waals surface area contributed by atoms with Gasteiger partial charge >= 0.3 is 12.1 Å². The average Bonchev–Trinajstić information content (AvgIpc) is 3.20. The van der Waals surface area contributed by atoms with Crippen LogP contribution in [0, 0.1) is 0 Å². The quantitative estimate of drug-likeness (QED) is 0.337. The number of nitrogens with zero attached hydrogens (tertiary/aromatic N) is 3. The van der Waals surface area contributed by atoms with Gasteiger partial charge in [0, 0.05) is 11.1 Å². The van der Waals surface area contributed by atoms with Crippen LogP contribution in [-0.4, -0.2) is 40.2 Å². The molecule has 36 heavy (non-hydrogen) atoms. The average molecular weight is 514 g/mol. The first-order valence-corrected chi connectivity index (χ1v) is 11.9. The first-order valence-electron chi connectivity index (χ1n) is 11.5. The van der Waals surface area contributed by atoms with E-state index in [1.54, 1.807) is 30.7 Å². The Labute approximate surface area is 216 Å². The lowest BCUT2D eigenvalue weighted by atomic mass is 10.1. The molecule has 1 aromatic heterocycles. The molecule has 3 rings (SSSR count). The van der Waals surface area contributed by atoms with Crippen LogP contribution >= 0.6 is 11.6 Å². The van der Waals surface area contributed by atoms with E-state index < -0.39 is 23.3 Å². The number of carbonyl (C=O) groups excluding carboxylic acids is 2. The zero-order valence-corrected chi connectivity index (χ0v) is 22.2. The normalized spacial score (nSPS) is 11.8. The van der Waals surface area contributed by atoms with Crippen LogP contribution in [0.2, 0.25) is 5.02 Å². The summed E-state index contributed by atoms with van der Waals surface area (Å²) >= 11 is 6.43. The van der Waals surface area contributed by atoms with Gasteiger partial charge in [0.25, 0.3) is 0 Å². The molecule has 0 aliphatic heterocycles. The van der Waals surface area contributed by atoms with Crippen molar-refractivity contribution in [2.24, 2.45) is 0 Å². The number of hydrogen-bond donors (Lipinski definition) is 0. The first kappa shape index (κ1) is 27.2. The Bertz CT molecular complexity index is 1200. The van der Waals surface area contributed by atoms with E-state index in [0.717, 1.165) is 5.56 Å². The summed E-state index contributed by atoms with van der Waals surface area (Å²) in [6, 6.07) is 18.3. The van der Waals surface area contributed by atoms with Gasteiger partial charge in [-0.25, -0.2) is 19.2 Å². The lowest BCUT2D eigenvalue weighted by Gasteiger charge is -2.27. The minimum Gasteiger partial charge on any atom is -0.467 e. The number of amides is 1. The lowest BCUT2D eigenvalue weighted by molar-refractivity contribution is -0.166. The molecule has 0 atom stereocenters. The fourth-order valence-corrected chi connectivity index (χ4v) is 3.58. The van der Waals surface area contributed by atoms with Gasteiger partial charge < -0.3 is 14.2 Å². The van der Waals surface area contributed by atoms with E-state index in [0.29, 0.717) is 28.8 Å². The number of rotatable bonds is 8. The van der Waals surface area contributed by atoms with Crippen molar-refractivity contribution in [3.63, 3.8) is 0 Å². The zero-order chi connectivity index (χ0) is 26.5. The molecule has 2 aromatic carbocycles. The van der Waals surface area contributed by atoms with Crippen molar-refractivity contribution in [2.45, 2.75) is 59.0 Å². The fourth-order valence-electron chi connectivity index (χ4n) is 3.39. The highest BCUT2D eigenvalue weighted by molar-refractivity contribution is 6.31. The molecule has 9 heteroatoms. The molecule has 192 valence electrons. The van der Waals surface area contributed by atoms with Crippen molar-refractivity contribution >= 4 is 35.2 Å². The Hall–Kier alpha value is -3.36. The van der Waals surface area contributed by atoms with E-state index in [1.807, 2.05) is 69.3 Å². The van der Waals surface area contributed by atoms with Gasteiger partial charge in [-0.15, -0.1) is 0 Å². The summed E-state index contributed by atoms with van der Waals surface area (Å²) in [6.45, 7) is 8.98. The molecule has 1 heterocycles. The lowest BCUT2D eigenvalue weighted by Crippen LogP contribution is -2.35. The zero-order valence-electron chi connectivity index (χ0n) is 21.4. The van der Waals surface area contributed by atoms with E-state index in [4.69, 9.17) is 30.9 Å². The molecule has 0 saturated heterocycles. The van der Waals surface area contributed by atoms with Crippen LogP contribution in [0.4, 0.5) is 16.3 Å². The van der Waals surface area contributed by atoms with Crippen molar-refractivity contribution in [1.29, 1.82) is 0 Å². The highest BCUT2D eigenvalue weighted by Crippen LogP contribution is 2.30. The molecule has 0 saturated carbocycles. The Balaban J connectivity index is 2.07. The van der Waals surface area contributed by atoms with Gasteiger partial charge in [-0.2, -0.15) is 5.10 Å². The van der Waals surface area contributed by atoms with Crippen LogP contribution < -0.4 is 4.90 Å². The number of hydrogen-bond acceptors (Lipinski definition) is 6. The van der Waals surface area contributed by atoms with Gasteiger partial charge in [0.2, 0.25) is 0 Å². The largest absolute Gasteiger partial charge is 0.467 e. The number of halogens is 1. The van der Waals surface area contributed by atoms with Crippen molar-refractivity contribution in [1.82, 2.24) is 9.78 Å². The third kappa shape index (κ3) is 6.86. The van der Waals surface area contributed by atoms with Gasteiger partial charge in [0.1, 0.15) is 11.4 Å². The van der Waals surface area contributed by atoms with Crippen molar-refractivity contribution < 1.29 is 23.8 Å². The Morgan fingerprint density at radius 3 is 2.25 bits per heavy atom. The molecular formula is C27H32ClN3O5. The number of methoxy groups -OCH3 is 1. The molecule has 0 N–H and O–H groups in total. The number of ether oxygens (including phenoxy) is 3. The number of aromatic nitrogens is 2. The van der Waals surface area contributed by atoms with E-state index >= 15 is 0 Å². The van der Waals surface area contributed by atoms with Gasteiger partial charge in [-0.1, -0.05) is 48.0 Å². The highest BCUT2D eigenvalue weighted by atomic mass is 35.5. The van der Waals surface area contributed by atoms with E-state index in [9.17, 15) is 9.59 Å². The summed E-state index contributed by atoms with van der Waals surface area (Å²) in [5.41, 5.74) is 0.0518. The van der Waals surface area contributed by atoms with Crippen molar-refractivity contribution in [2.75, 3.05) is 12.0 Å². The van der Waals surface area contributed by atoms with Crippen LogP contribution in [0.5, 0.6) is 0 Å². The smallest absolute Gasteiger partial charge is 0.420 e. The Morgan fingerprint density at radius 2 is 1.64 bits per heavy atom. The van der Waals surface area contributed by atoms with Crippen LogP contribution in [0.1, 0.15) is 45.9 Å². The van der Waals surface area contributed by atoms with E-state index in [1.165, 1.54) is 12.0 Å². The molecule has 0 radical (unpaired) electrons. The van der Waals surface area contributed by atoms with Gasteiger partial charge in [-0.05, 0) is 58.4 Å². The minimum atomic E-state index is -1.17. The Morgan fingerprint density at radius 1 is 1.00 bits per heavy atom. The predicted octanol–water partition coefficient (Wildman–Crippen LogP) is 6.13. The van der Waals surface area contributed by atoms with Gasteiger partial charge in [0.05, 0.1) is 31.6 Å². The van der Waals surface area contributed by atoms with E-state index in [-0.39, 0.29) is 6.61 Å². The summed E-state index contributed by atoms with van der Waals surface area (Å²) in [4.78, 5) is 27.0. The molecule has 8 nitrogen and oxygen atoms in total. The standard InChI is InChI=1S/C27H32ClN3O5/c1-26(2,3)36-25(33)31(21-13-8-7-9-14-21)23-16-20(18-35-27(4,5)24(32)34-6)29-30(23)17-19-12-10-11-15-22(19)28/h7-16H,17-18H2,1-6H3. The summed E-state index contributed by atoms with van der Waals surface area (Å²) in [5, 5.41) is 5.27. The monoisotopic (exact) mass is 513 g/mol. The number of para-hydroxylation sites is 1. The SMILES string of the molecule is COC(=O)C(C)(C)OCc1cc(N(C(=O)OC(C)(C)C)c2ccccc2)n(Cc2ccccc2Cl)n1. The maximum atomic E-state index is 13.4.